The highest BCUT2D eigenvalue weighted by atomic mass is 79.9. The minimum Gasteiger partial charge on any atom is -0.495 e. The van der Waals surface area contributed by atoms with Crippen LogP contribution in [0.4, 0.5) is 10.5 Å². The van der Waals surface area contributed by atoms with Crippen LogP contribution >= 0.6 is 15.9 Å². The smallest absolute Gasteiger partial charge is 0.325 e. The third-order valence-electron chi connectivity index (χ3n) is 4.36. The summed E-state index contributed by atoms with van der Waals surface area (Å²) < 4.78 is 5.97. The second-order valence-electron chi connectivity index (χ2n) is 6.21. The van der Waals surface area contributed by atoms with Crippen LogP contribution in [-0.2, 0) is 15.1 Å². The number of amides is 4. The van der Waals surface area contributed by atoms with Crippen LogP contribution in [0, 0.1) is 0 Å². The topological polar surface area (TPSA) is 87.7 Å². The summed E-state index contributed by atoms with van der Waals surface area (Å²) in [5, 5.41) is 5.34. The van der Waals surface area contributed by atoms with Gasteiger partial charge in [-0.1, -0.05) is 40.2 Å². The summed E-state index contributed by atoms with van der Waals surface area (Å²) >= 11 is 3.36. The lowest BCUT2D eigenvalue weighted by molar-refractivity contribution is -0.133. The second-order valence-corrected chi connectivity index (χ2v) is 7.12. The van der Waals surface area contributed by atoms with Crippen LogP contribution in [0.5, 0.6) is 5.75 Å². The number of para-hydroxylation sites is 2. The quantitative estimate of drug-likeness (QED) is 0.712. The Hall–Kier alpha value is -2.87. The molecule has 2 aromatic rings. The first-order valence-corrected chi connectivity index (χ1v) is 8.97. The predicted octanol–water partition coefficient (Wildman–Crippen LogP) is 2.86. The molecule has 0 aliphatic carbocycles. The molecule has 1 atom stereocenters. The fourth-order valence-electron chi connectivity index (χ4n) is 2.92. The normalized spacial score (nSPS) is 19.0. The van der Waals surface area contributed by atoms with E-state index < -0.39 is 29.9 Å². The van der Waals surface area contributed by atoms with Gasteiger partial charge in [-0.2, -0.15) is 0 Å². The Morgan fingerprint density at radius 1 is 1.22 bits per heavy atom. The van der Waals surface area contributed by atoms with Crippen molar-refractivity contribution in [2.45, 2.75) is 12.5 Å². The van der Waals surface area contributed by atoms with Crippen LogP contribution < -0.4 is 15.4 Å². The van der Waals surface area contributed by atoms with E-state index in [9.17, 15) is 14.4 Å². The minimum absolute atomic E-state index is 0.397. The zero-order valence-electron chi connectivity index (χ0n) is 14.8. The number of anilines is 1. The predicted molar refractivity (Wildman–Crippen MR) is 103 cm³/mol. The molecule has 0 bridgehead atoms. The zero-order valence-corrected chi connectivity index (χ0v) is 16.4. The molecule has 0 saturated carbocycles. The molecule has 2 aromatic carbocycles. The first kappa shape index (κ1) is 18.9. The van der Waals surface area contributed by atoms with Gasteiger partial charge in [-0.25, -0.2) is 4.79 Å². The number of imide groups is 1. The maximum Gasteiger partial charge on any atom is 0.325 e. The van der Waals surface area contributed by atoms with Crippen molar-refractivity contribution in [2.75, 3.05) is 19.0 Å². The molecule has 4 amide bonds. The summed E-state index contributed by atoms with van der Waals surface area (Å²) in [5.41, 5.74) is -0.138. The molecule has 1 saturated heterocycles. The third kappa shape index (κ3) is 3.66. The maximum absolute atomic E-state index is 12.9. The largest absolute Gasteiger partial charge is 0.495 e. The first-order chi connectivity index (χ1) is 12.8. The average molecular weight is 432 g/mol. The highest BCUT2D eigenvalue weighted by Gasteiger charge is 2.49. The number of halogens is 1. The van der Waals surface area contributed by atoms with E-state index in [1.165, 1.54) is 7.11 Å². The van der Waals surface area contributed by atoms with E-state index in [2.05, 4.69) is 26.6 Å². The molecule has 1 heterocycles. The number of carbonyl (C=O) groups is 3. The summed E-state index contributed by atoms with van der Waals surface area (Å²) in [6.45, 7) is 1.22. The lowest BCUT2D eigenvalue weighted by Crippen LogP contribution is -2.42. The van der Waals surface area contributed by atoms with E-state index in [1.807, 2.05) is 6.07 Å². The lowest BCUT2D eigenvalue weighted by atomic mass is 9.92. The molecule has 0 spiro atoms. The van der Waals surface area contributed by atoms with Gasteiger partial charge < -0.3 is 15.4 Å². The van der Waals surface area contributed by atoms with Crippen molar-refractivity contribution in [1.82, 2.24) is 10.2 Å². The van der Waals surface area contributed by atoms with E-state index in [1.54, 1.807) is 49.4 Å². The van der Waals surface area contributed by atoms with Crippen LogP contribution in [-0.4, -0.2) is 36.4 Å². The summed E-state index contributed by atoms with van der Waals surface area (Å²) in [6.07, 6.45) is 0. The number of benzene rings is 2. The van der Waals surface area contributed by atoms with E-state index in [-0.39, 0.29) is 0 Å². The Labute approximate surface area is 164 Å². The van der Waals surface area contributed by atoms with Gasteiger partial charge in [0.15, 0.2) is 0 Å². The number of hydrogen-bond donors (Lipinski definition) is 2. The van der Waals surface area contributed by atoms with Crippen molar-refractivity contribution < 1.29 is 19.1 Å². The fraction of sp³-hybridized carbons (Fsp3) is 0.211. The van der Waals surface area contributed by atoms with Crippen LogP contribution in [0.15, 0.2) is 53.0 Å². The van der Waals surface area contributed by atoms with Crippen LogP contribution in [0.1, 0.15) is 12.5 Å². The van der Waals surface area contributed by atoms with Gasteiger partial charge in [-0.15, -0.1) is 0 Å². The molecular weight excluding hydrogens is 414 g/mol. The number of nitrogens with zero attached hydrogens (tertiary/aromatic N) is 1. The maximum atomic E-state index is 12.9. The van der Waals surface area contributed by atoms with Crippen molar-refractivity contribution in [3.05, 3.63) is 58.6 Å². The zero-order chi connectivity index (χ0) is 19.6. The molecule has 1 fully saturated rings. The van der Waals surface area contributed by atoms with E-state index in [4.69, 9.17) is 4.74 Å². The van der Waals surface area contributed by atoms with Gasteiger partial charge in [0.25, 0.3) is 5.91 Å². The lowest BCUT2D eigenvalue weighted by Gasteiger charge is -2.22. The van der Waals surface area contributed by atoms with Crippen LogP contribution in [0.3, 0.4) is 0 Å². The van der Waals surface area contributed by atoms with Gasteiger partial charge in [0.1, 0.15) is 17.8 Å². The molecule has 1 aliphatic rings. The summed E-state index contributed by atoms with van der Waals surface area (Å²) in [6, 6.07) is 13.4. The van der Waals surface area contributed by atoms with E-state index >= 15 is 0 Å². The Bertz CT molecular complexity index is 917. The highest BCUT2D eigenvalue weighted by molar-refractivity contribution is 9.10. The van der Waals surface area contributed by atoms with Gasteiger partial charge in [0.2, 0.25) is 5.91 Å². The van der Waals surface area contributed by atoms with E-state index in [0.29, 0.717) is 17.0 Å². The number of ether oxygens (including phenoxy) is 1. The highest BCUT2D eigenvalue weighted by Crippen LogP contribution is 2.30. The summed E-state index contributed by atoms with van der Waals surface area (Å²) in [7, 11) is 1.49. The van der Waals surface area contributed by atoms with Crippen LogP contribution in [0.2, 0.25) is 0 Å². The standard InChI is InChI=1S/C19H18BrN3O4/c1-19(12-6-5-7-13(20)10-12)17(25)23(18(26)22-19)11-16(24)21-14-8-3-4-9-15(14)27-2/h3-10H,11H2,1-2H3,(H,21,24)(H,22,26)/t19-/m1/s1. The van der Waals surface area contributed by atoms with Crippen LogP contribution in [0.25, 0.3) is 0 Å². The average Bonchev–Trinajstić information content (AvgIpc) is 2.86. The van der Waals surface area contributed by atoms with Gasteiger partial charge >= 0.3 is 6.03 Å². The van der Waals surface area contributed by atoms with E-state index in [0.717, 1.165) is 9.37 Å². The molecule has 27 heavy (non-hydrogen) atoms. The fourth-order valence-corrected chi connectivity index (χ4v) is 3.32. The Morgan fingerprint density at radius 2 is 1.96 bits per heavy atom. The van der Waals surface area contributed by atoms with Gasteiger partial charge in [-0.3, -0.25) is 14.5 Å². The number of carbonyl (C=O) groups excluding carboxylic acids is 3. The Morgan fingerprint density at radius 3 is 2.67 bits per heavy atom. The molecule has 8 heteroatoms. The number of urea groups is 1. The van der Waals surface area contributed by atoms with Crippen molar-refractivity contribution in [2.24, 2.45) is 0 Å². The Balaban J connectivity index is 1.77. The van der Waals surface area contributed by atoms with Crippen molar-refractivity contribution in [1.29, 1.82) is 0 Å². The summed E-state index contributed by atoms with van der Waals surface area (Å²) in [5.74, 6) is -0.496. The first-order valence-electron chi connectivity index (χ1n) is 8.18. The van der Waals surface area contributed by atoms with Crippen molar-refractivity contribution in [3.8, 4) is 5.75 Å². The number of methoxy groups -OCH3 is 1. The molecule has 0 radical (unpaired) electrons. The molecular formula is C19H18BrN3O4. The van der Waals surface area contributed by atoms with Gasteiger partial charge in [0, 0.05) is 4.47 Å². The van der Waals surface area contributed by atoms with Crippen molar-refractivity contribution >= 4 is 39.5 Å². The summed E-state index contributed by atoms with van der Waals surface area (Å²) in [4.78, 5) is 38.5. The molecule has 2 N–H and O–H groups in total. The molecule has 1 aliphatic heterocycles. The molecule has 0 unspecified atom stereocenters. The molecule has 0 aromatic heterocycles. The number of hydrogen-bond acceptors (Lipinski definition) is 4. The number of rotatable bonds is 5. The van der Waals surface area contributed by atoms with Crippen molar-refractivity contribution in [3.63, 3.8) is 0 Å². The Kier molecular flexibility index (Phi) is 5.18. The second kappa shape index (κ2) is 7.40. The third-order valence-corrected chi connectivity index (χ3v) is 4.85. The molecule has 140 valence electrons. The monoisotopic (exact) mass is 431 g/mol. The number of nitrogens with one attached hydrogen (secondary N) is 2. The molecule has 3 rings (SSSR count). The minimum atomic E-state index is -1.23. The SMILES string of the molecule is COc1ccccc1NC(=O)CN1C(=O)N[C@](C)(c2cccc(Br)c2)C1=O. The van der Waals surface area contributed by atoms with Gasteiger partial charge in [0.05, 0.1) is 12.8 Å². The van der Waals surface area contributed by atoms with Gasteiger partial charge in [-0.05, 0) is 36.8 Å². The molecule has 7 nitrogen and oxygen atoms in total.